The third kappa shape index (κ3) is 4.06. The van der Waals surface area contributed by atoms with Crippen molar-refractivity contribution < 1.29 is 4.79 Å². The molecule has 1 amide bonds. The molecule has 150 valence electrons. The summed E-state index contributed by atoms with van der Waals surface area (Å²) in [4.78, 5) is 16.7. The maximum absolute atomic E-state index is 12.8. The molecule has 0 N–H and O–H groups in total. The zero-order valence-electron chi connectivity index (χ0n) is 16.1. The predicted octanol–water partition coefficient (Wildman–Crippen LogP) is 3.55. The number of anilines is 1. The second-order valence-corrected chi connectivity index (χ2v) is 7.84. The van der Waals surface area contributed by atoms with Crippen molar-refractivity contribution in [2.24, 2.45) is 0 Å². The van der Waals surface area contributed by atoms with Crippen LogP contribution in [-0.2, 0) is 0 Å². The summed E-state index contributed by atoms with van der Waals surface area (Å²) in [5.41, 5.74) is 2.42. The van der Waals surface area contributed by atoms with Gasteiger partial charge in [0.05, 0.1) is 16.3 Å². The number of benzene rings is 1. The van der Waals surface area contributed by atoms with Crippen molar-refractivity contribution in [1.82, 2.24) is 24.9 Å². The molecular weight excluding hydrogens is 411 g/mol. The average Bonchev–Trinajstić information content (AvgIpc) is 3.06. The number of aryl methyl sites for hydroxylation is 2. The van der Waals surface area contributed by atoms with E-state index >= 15 is 0 Å². The van der Waals surface area contributed by atoms with Crippen molar-refractivity contribution in [3.8, 4) is 5.82 Å². The lowest BCUT2D eigenvalue weighted by molar-refractivity contribution is 0.0746. The number of hydrogen-bond acceptors (Lipinski definition) is 5. The highest BCUT2D eigenvalue weighted by molar-refractivity contribution is 6.36. The van der Waals surface area contributed by atoms with E-state index in [-0.39, 0.29) is 5.91 Å². The fraction of sp³-hybridized carbons (Fsp3) is 0.300. The number of aromatic nitrogens is 4. The molecule has 1 aliphatic heterocycles. The molecule has 1 aliphatic rings. The van der Waals surface area contributed by atoms with Crippen LogP contribution in [0, 0.1) is 13.8 Å². The number of amides is 1. The number of halogens is 2. The molecule has 9 heteroatoms. The van der Waals surface area contributed by atoms with Gasteiger partial charge >= 0.3 is 0 Å². The number of nitrogens with zero attached hydrogens (tertiary/aromatic N) is 6. The fourth-order valence-electron chi connectivity index (χ4n) is 3.43. The molecule has 1 saturated heterocycles. The van der Waals surface area contributed by atoms with E-state index in [1.54, 1.807) is 27.8 Å². The van der Waals surface area contributed by atoms with E-state index in [0.29, 0.717) is 47.6 Å². The molecule has 0 bridgehead atoms. The summed E-state index contributed by atoms with van der Waals surface area (Å²) in [6, 6.07) is 10.8. The van der Waals surface area contributed by atoms with Crippen LogP contribution in [0.3, 0.4) is 0 Å². The van der Waals surface area contributed by atoms with Gasteiger partial charge < -0.3 is 9.80 Å². The number of piperazine rings is 1. The molecule has 3 aromatic rings. The van der Waals surface area contributed by atoms with Crippen molar-refractivity contribution in [2.45, 2.75) is 13.8 Å². The van der Waals surface area contributed by atoms with Crippen LogP contribution in [0.4, 0.5) is 5.82 Å². The third-order valence-corrected chi connectivity index (χ3v) is 5.46. The Morgan fingerprint density at radius 2 is 1.62 bits per heavy atom. The molecule has 0 unspecified atom stereocenters. The molecule has 29 heavy (non-hydrogen) atoms. The minimum absolute atomic E-state index is 0.0859. The van der Waals surface area contributed by atoms with Gasteiger partial charge in [-0.25, -0.2) is 4.68 Å². The van der Waals surface area contributed by atoms with E-state index in [2.05, 4.69) is 20.2 Å². The number of carbonyl (C=O) groups is 1. The van der Waals surface area contributed by atoms with Crippen LogP contribution in [0.1, 0.15) is 21.7 Å². The standard InChI is InChI=1S/C20H20Cl2N6O/c1-13-11-14(2)28(25-13)19-6-5-18(23-24-19)26-7-9-27(10-8-26)20(29)16-4-3-15(21)12-17(16)22/h3-6,11-12H,7-10H2,1-2H3. The van der Waals surface area contributed by atoms with Gasteiger partial charge in [-0.05, 0) is 50.2 Å². The minimum Gasteiger partial charge on any atom is -0.352 e. The maximum Gasteiger partial charge on any atom is 0.255 e. The molecule has 1 fully saturated rings. The zero-order valence-corrected chi connectivity index (χ0v) is 17.7. The van der Waals surface area contributed by atoms with Crippen LogP contribution in [0.15, 0.2) is 36.4 Å². The van der Waals surface area contributed by atoms with E-state index < -0.39 is 0 Å². The fourth-order valence-corrected chi connectivity index (χ4v) is 3.92. The summed E-state index contributed by atoms with van der Waals surface area (Å²) in [5, 5.41) is 14.0. The molecular formula is C20H20Cl2N6O. The summed E-state index contributed by atoms with van der Waals surface area (Å²) in [5.74, 6) is 1.38. The first kappa shape index (κ1) is 19.7. The summed E-state index contributed by atoms with van der Waals surface area (Å²) in [6.07, 6.45) is 0. The highest BCUT2D eigenvalue weighted by atomic mass is 35.5. The Bertz CT molecular complexity index is 1040. The molecule has 0 spiro atoms. The van der Waals surface area contributed by atoms with E-state index in [9.17, 15) is 4.79 Å². The SMILES string of the molecule is Cc1cc(C)n(-c2ccc(N3CCN(C(=O)c4ccc(Cl)cc4Cl)CC3)nn2)n1. The van der Waals surface area contributed by atoms with Crippen molar-refractivity contribution in [2.75, 3.05) is 31.1 Å². The quantitative estimate of drug-likeness (QED) is 0.635. The van der Waals surface area contributed by atoms with Crippen molar-refractivity contribution in [1.29, 1.82) is 0 Å². The van der Waals surface area contributed by atoms with Crippen LogP contribution in [-0.4, -0.2) is 57.0 Å². The van der Waals surface area contributed by atoms with Gasteiger partial charge in [0.15, 0.2) is 11.6 Å². The van der Waals surface area contributed by atoms with Gasteiger partial charge in [-0.3, -0.25) is 4.79 Å². The Morgan fingerprint density at radius 1 is 0.931 bits per heavy atom. The second-order valence-electron chi connectivity index (χ2n) is 6.99. The van der Waals surface area contributed by atoms with Gasteiger partial charge in [0, 0.05) is 36.9 Å². The van der Waals surface area contributed by atoms with Crippen LogP contribution >= 0.6 is 23.2 Å². The second kappa shape index (κ2) is 8.00. The van der Waals surface area contributed by atoms with Crippen molar-refractivity contribution >= 4 is 34.9 Å². The first-order chi connectivity index (χ1) is 13.9. The Labute approximate surface area is 178 Å². The van der Waals surface area contributed by atoms with Gasteiger partial charge in [0.1, 0.15) is 0 Å². The Morgan fingerprint density at radius 3 is 2.21 bits per heavy atom. The molecule has 0 atom stereocenters. The molecule has 4 rings (SSSR count). The molecule has 3 heterocycles. The van der Waals surface area contributed by atoms with Crippen LogP contribution < -0.4 is 4.90 Å². The topological polar surface area (TPSA) is 67.2 Å². The lowest BCUT2D eigenvalue weighted by Crippen LogP contribution is -2.49. The van der Waals surface area contributed by atoms with Gasteiger partial charge in [-0.2, -0.15) is 5.10 Å². The van der Waals surface area contributed by atoms with E-state index in [4.69, 9.17) is 23.2 Å². The van der Waals surface area contributed by atoms with Gasteiger partial charge in [-0.1, -0.05) is 23.2 Å². The largest absolute Gasteiger partial charge is 0.352 e. The molecule has 2 aromatic heterocycles. The predicted molar refractivity (Wildman–Crippen MR) is 113 cm³/mol. The Kier molecular flexibility index (Phi) is 5.43. The monoisotopic (exact) mass is 430 g/mol. The summed E-state index contributed by atoms with van der Waals surface area (Å²) in [6.45, 7) is 6.44. The minimum atomic E-state index is -0.0859. The number of rotatable bonds is 3. The Hall–Kier alpha value is -2.64. The molecule has 7 nitrogen and oxygen atoms in total. The smallest absolute Gasteiger partial charge is 0.255 e. The number of hydrogen-bond donors (Lipinski definition) is 0. The molecule has 1 aromatic carbocycles. The van der Waals surface area contributed by atoms with Crippen LogP contribution in [0.5, 0.6) is 0 Å². The van der Waals surface area contributed by atoms with Gasteiger partial charge in [0.2, 0.25) is 0 Å². The lowest BCUT2D eigenvalue weighted by Gasteiger charge is -2.35. The third-order valence-electron chi connectivity index (χ3n) is 4.92. The first-order valence-electron chi connectivity index (χ1n) is 9.29. The van der Waals surface area contributed by atoms with Crippen molar-refractivity contribution in [3.63, 3.8) is 0 Å². The number of carbonyl (C=O) groups excluding carboxylic acids is 1. The summed E-state index contributed by atoms with van der Waals surface area (Å²) >= 11 is 12.1. The van der Waals surface area contributed by atoms with Gasteiger partial charge in [0.25, 0.3) is 5.91 Å². The van der Waals surface area contributed by atoms with E-state index in [1.807, 2.05) is 32.0 Å². The summed E-state index contributed by atoms with van der Waals surface area (Å²) in [7, 11) is 0. The van der Waals surface area contributed by atoms with E-state index in [0.717, 1.165) is 17.2 Å². The summed E-state index contributed by atoms with van der Waals surface area (Å²) < 4.78 is 1.78. The van der Waals surface area contributed by atoms with Crippen LogP contribution in [0.2, 0.25) is 10.0 Å². The highest BCUT2D eigenvalue weighted by Gasteiger charge is 2.24. The normalized spacial score (nSPS) is 14.3. The van der Waals surface area contributed by atoms with Gasteiger partial charge in [-0.15, -0.1) is 10.2 Å². The first-order valence-corrected chi connectivity index (χ1v) is 10.0. The lowest BCUT2D eigenvalue weighted by atomic mass is 10.2. The molecule has 0 radical (unpaired) electrons. The van der Waals surface area contributed by atoms with E-state index in [1.165, 1.54) is 0 Å². The molecule has 0 saturated carbocycles. The zero-order chi connectivity index (χ0) is 20.5. The van der Waals surface area contributed by atoms with Crippen LogP contribution in [0.25, 0.3) is 5.82 Å². The Balaban J connectivity index is 1.42. The highest BCUT2D eigenvalue weighted by Crippen LogP contribution is 2.23. The molecule has 0 aliphatic carbocycles. The van der Waals surface area contributed by atoms with Crippen molar-refractivity contribution in [3.05, 3.63) is 63.4 Å². The maximum atomic E-state index is 12.8. The average molecular weight is 431 g/mol.